The Morgan fingerprint density at radius 3 is 2.43 bits per heavy atom. The first-order valence-electron chi connectivity index (χ1n) is 7.06. The maximum absolute atomic E-state index is 12.7. The molecule has 0 unspecified atom stereocenters. The molecular formula is C15H24N2O4. The van der Waals surface area contributed by atoms with E-state index < -0.39 is 11.5 Å². The second-order valence-electron chi connectivity index (χ2n) is 5.84. The highest BCUT2D eigenvalue weighted by Crippen LogP contribution is 2.18. The minimum absolute atomic E-state index is 0.0681. The van der Waals surface area contributed by atoms with Crippen molar-refractivity contribution in [2.45, 2.75) is 46.2 Å². The molecule has 1 N–H and O–H groups in total. The van der Waals surface area contributed by atoms with E-state index in [-0.39, 0.29) is 19.0 Å². The van der Waals surface area contributed by atoms with Crippen molar-refractivity contribution in [1.82, 2.24) is 9.80 Å². The highest BCUT2D eigenvalue weighted by atomic mass is 16.4. The molecule has 1 rings (SSSR count). The zero-order valence-electron chi connectivity index (χ0n) is 13.1. The molecule has 0 aliphatic carbocycles. The summed E-state index contributed by atoms with van der Waals surface area (Å²) in [6, 6.07) is 3.41. The van der Waals surface area contributed by atoms with Crippen molar-refractivity contribution in [2.75, 3.05) is 13.1 Å². The normalized spacial score (nSPS) is 11.2. The lowest BCUT2D eigenvalue weighted by Gasteiger charge is -2.38. The standard InChI is InChI=1S/C15H24N2O4/c1-5-16(11-12-7-6-10-21-12)14(20)17(15(2,3)4)9-8-13(18)19/h6-7,10H,5,8-9,11H2,1-4H3,(H,18,19). The van der Waals surface area contributed by atoms with E-state index in [4.69, 9.17) is 9.52 Å². The zero-order chi connectivity index (χ0) is 16.0. The predicted octanol–water partition coefficient (Wildman–Crippen LogP) is 2.80. The van der Waals surface area contributed by atoms with Crippen molar-refractivity contribution in [2.24, 2.45) is 0 Å². The smallest absolute Gasteiger partial charge is 0.320 e. The Morgan fingerprint density at radius 1 is 1.33 bits per heavy atom. The van der Waals surface area contributed by atoms with Gasteiger partial charge in [-0.15, -0.1) is 0 Å². The van der Waals surface area contributed by atoms with Crippen molar-refractivity contribution >= 4 is 12.0 Å². The van der Waals surface area contributed by atoms with Gasteiger partial charge in [-0.05, 0) is 39.8 Å². The van der Waals surface area contributed by atoms with Crippen LogP contribution in [0, 0.1) is 0 Å². The average molecular weight is 296 g/mol. The van der Waals surface area contributed by atoms with Gasteiger partial charge >= 0.3 is 12.0 Å². The highest BCUT2D eigenvalue weighted by molar-refractivity contribution is 5.76. The van der Waals surface area contributed by atoms with Gasteiger partial charge in [-0.2, -0.15) is 0 Å². The molecule has 0 saturated carbocycles. The molecule has 6 heteroatoms. The van der Waals surface area contributed by atoms with E-state index in [2.05, 4.69) is 0 Å². The number of carboxylic acids is 1. The molecule has 0 aromatic carbocycles. The van der Waals surface area contributed by atoms with E-state index in [1.54, 1.807) is 22.1 Å². The molecule has 2 amide bonds. The van der Waals surface area contributed by atoms with Crippen LogP contribution in [0.2, 0.25) is 0 Å². The van der Waals surface area contributed by atoms with Crippen molar-refractivity contribution in [3.8, 4) is 0 Å². The molecule has 118 valence electrons. The maximum Gasteiger partial charge on any atom is 0.320 e. The third-order valence-corrected chi connectivity index (χ3v) is 3.17. The Morgan fingerprint density at radius 2 is 2.00 bits per heavy atom. The largest absolute Gasteiger partial charge is 0.481 e. The number of carbonyl (C=O) groups excluding carboxylic acids is 1. The quantitative estimate of drug-likeness (QED) is 0.876. The van der Waals surface area contributed by atoms with Gasteiger partial charge < -0.3 is 19.3 Å². The highest BCUT2D eigenvalue weighted by Gasteiger charge is 2.30. The lowest BCUT2D eigenvalue weighted by atomic mass is 10.1. The maximum atomic E-state index is 12.7. The molecule has 0 radical (unpaired) electrons. The predicted molar refractivity (Wildman–Crippen MR) is 78.9 cm³/mol. The van der Waals surface area contributed by atoms with Gasteiger partial charge in [-0.1, -0.05) is 0 Å². The first kappa shape index (κ1) is 17.1. The fourth-order valence-electron chi connectivity index (χ4n) is 2.00. The van der Waals surface area contributed by atoms with Gasteiger partial charge in [0, 0.05) is 18.6 Å². The van der Waals surface area contributed by atoms with Crippen LogP contribution in [0.3, 0.4) is 0 Å². The Kier molecular flexibility index (Phi) is 5.81. The van der Waals surface area contributed by atoms with E-state index in [1.807, 2.05) is 33.8 Å². The fraction of sp³-hybridized carbons (Fsp3) is 0.600. The number of aliphatic carboxylic acids is 1. The van der Waals surface area contributed by atoms with Crippen LogP contribution in [0.25, 0.3) is 0 Å². The third kappa shape index (κ3) is 5.13. The van der Waals surface area contributed by atoms with E-state index in [0.717, 1.165) is 0 Å². The van der Waals surface area contributed by atoms with Crippen molar-refractivity contribution in [3.63, 3.8) is 0 Å². The van der Waals surface area contributed by atoms with Crippen LogP contribution in [-0.4, -0.2) is 45.5 Å². The van der Waals surface area contributed by atoms with Crippen LogP contribution < -0.4 is 0 Å². The summed E-state index contributed by atoms with van der Waals surface area (Å²) in [6.45, 7) is 8.67. The monoisotopic (exact) mass is 296 g/mol. The Labute approximate surface area is 125 Å². The molecule has 6 nitrogen and oxygen atoms in total. The first-order chi connectivity index (χ1) is 9.75. The fourth-order valence-corrected chi connectivity index (χ4v) is 2.00. The van der Waals surface area contributed by atoms with Crippen molar-refractivity contribution < 1.29 is 19.1 Å². The van der Waals surface area contributed by atoms with Crippen LogP contribution in [0.4, 0.5) is 4.79 Å². The number of carbonyl (C=O) groups is 2. The van der Waals surface area contributed by atoms with Gasteiger partial charge in [0.15, 0.2) is 0 Å². The molecule has 0 atom stereocenters. The number of nitrogens with zero attached hydrogens (tertiary/aromatic N) is 2. The zero-order valence-corrected chi connectivity index (χ0v) is 13.1. The number of rotatable bonds is 6. The number of hydrogen-bond acceptors (Lipinski definition) is 3. The van der Waals surface area contributed by atoms with Crippen LogP contribution in [0.5, 0.6) is 0 Å². The van der Waals surface area contributed by atoms with Crippen molar-refractivity contribution in [1.29, 1.82) is 0 Å². The van der Waals surface area contributed by atoms with Crippen molar-refractivity contribution in [3.05, 3.63) is 24.2 Å². The average Bonchev–Trinajstić information content (AvgIpc) is 2.86. The minimum Gasteiger partial charge on any atom is -0.481 e. The summed E-state index contributed by atoms with van der Waals surface area (Å²) in [4.78, 5) is 26.7. The van der Waals surface area contributed by atoms with Crippen LogP contribution >= 0.6 is 0 Å². The van der Waals surface area contributed by atoms with Gasteiger partial charge in [0.25, 0.3) is 0 Å². The second-order valence-corrected chi connectivity index (χ2v) is 5.84. The lowest BCUT2D eigenvalue weighted by Crippen LogP contribution is -2.52. The second kappa shape index (κ2) is 7.15. The molecule has 0 aliphatic heterocycles. The van der Waals surface area contributed by atoms with E-state index in [9.17, 15) is 9.59 Å². The Balaban J connectivity index is 2.83. The van der Waals surface area contributed by atoms with Crippen LogP contribution in [0.1, 0.15) is 39.9 Å². The van der Waals surface area contributed by atoms with E-state index >= 15 is 0 Å². The summed E-state index contributed by atoms with van der Waals surface area (Å²) >= 11 is 0. The molecule has 1 aromatic rings. The molecule has 21 heavy (non-hydrogen) atoms. The first-order valence-corrected chi connectivity index (χ1v) is 7.06. The molecule has 1 aromatic heterocycles. The summed E-state index contributed by atoms with van der Waals surface area (Å²) in [7, 11) is 0. The van der Waals surface area contributed by atoms with E-state index in [0.29, 0.717) is 18.8 Å². The van der Waals surface area contributed by atoms with E-state index in [1.165, 1.54) is 0 Å². The summed E-state index contributed by atoms with van der Waals surface area (Å²) in [5, 5.41) is 8.85. The van der Waals surface area contributed by atoms with Gasteiger partial charge in [-0.25, -0.2) is 4.79 Å². The molecule has 0 aliphatic rings. The van der Waals surface area contributed by atoms with Gasteiger partial charge in [0.1, 0.15) is 5.76 Å². The van der Waals surface area contributed by atoms with Gasteiger partial charge in [0.2, 0.25) is 0 Å². The minimum atomic E-state index is -0.911. The summed E-state index contributed by atoms with van der Waals surface area (Å²) in [6.07, 6.45) is 1.50. The van der Waals surface area contributed by atoms with Gasteiger partial charge in [0.05, 0.1) is 19.2 Å². The summed E-state index contributed by atoms with van der Waals surface area (Å²) in [5.41, 5.74) is -0.441. The molecular weight excluding hydrogens is 272 g/mol. The lowest BCUT2D eigenvalue weighted by molar-refractivity contribution is -0.137. The number of carboxylic acid groups (broad SMARTS) is 1. The van der Waals surface area contributed by atoms with Crippen LogP contribution in [-0.2, 0) is 11.3 Å². The molecule has 1 heterocycles. The Hall–Kier alpha value is -1.98. The summed E-state index contributed by atoms with van der Waals surface area (Å²) in [5.74, 6) is -0.205. The topological polar surface area (TPSA) is 74.0 Å². The number of hydrogen-bond donors (Lipinski definition) is 1. The molecule has 0 saturated heterocycles. The SMILES string of the molecule is CCN(Cc1ccco1)C(=O)N(CCC(=O)O)C(C)(C)C. The number of furan rings is 1. The molecule has 0 fully saturated rings. The third-order valence-electron chi connectivity index (χ3n) is 3.17. The van der Waals surface area contributed by atoms with Crippen LogP contribution in [0.15, 0.2) is 22.8 Å². The van der Waals surface area contributed by atoms with Gasteiger partial charge in [-0.3, -0.25) is 4.79 Å². The summed E-state index contributed by atoms with van der Waals surface area (Å²) < 4.78 is 5.27. The molecule has 0 bridgehead atoms. The number of urea groups is 1. The Bertz CT molecular complexity index is 463. The number of amides is 2. The molecule has 0 spiro atoms.